The highest BCUT2D eigenvalue weighted by Crippen LogP contribution is 1.87. The molecule has 0 aromatic heterocycles. The molecule has 66 valence electrons. The molecule has 0 aliphatic carbocycles. The van der Waals surface area contributed by atoms with Crippen molar-refractivity contribution in [2.24, 2.45) is 0 Å². The molecule has 0 aromatic carbocycles. The molecule has 0 saturated carbocycles. The minimum atomic E-state index is -4.52. The van der Waals surface area contributed by atoms with E-state index in [1.807, 2.05) is 0 Å². The zero-order valence-corrected chi connectivity index (χ0v) is 6.55. The van der Waals surface area contributed by atoms with E-state index in [1.165, 1.54) is 0 Å². The standard InChI is InChI=1S/C2H4O7S2/c3-2(9-10(4)5)1-11(6,7)8/h1H2,(H,4,5)(H,6,7,8)/p-1. The predicted molar refractivity (Wildman–Crippen MR) is 31.4 cm³/mol. The fourth-order valence-electron chi connectivity index (χ4n) is 0.249. The van der Waals surface area contributed by atoms with Gasteiger partial charge in [0.15, 0.2) is 5.75 Å². The summed E-state index contributed by atoms with van der Waals surface area (Å²) in [6, 6.07) is 0. The van der Waals surface area contributed by atoms with Crippen molar-refractivity contribution in [1.82, 2.24) is 0 Å². The average molecular weight is 203 g/mol. The molecule has 1 atom stereocenters. The lowest BCUT2D eigenvalue weighted by Gasteiger charge is -2.02. The summed E-state index contributed by atoms with van der Waals surface area (Å²) >= 11 is -3.11. The summed E-state index contributed by atoms with van der Waals surface area (Å²) in [5, 5.41) is 0. The normalized spacial score (nSPS) is 14.0. The zero-order chi connectivity index (χ0) is 9.07. The van der Waals surface area contributed by atoms with Gasteiger partial charge < -0.3 is 8.74 Å². The van der Waals surface area contributed by atoms with Crippen LogP contribution in [0.1, 0.15) is 0 Å². The summed E-state index contributed by atoms with van der Waals surface area (Å²) in [6.07, 6.45) is 0. The van der Waals surface area contributed by atoms with E-state index in [0.717, 1.165) is 0 Å². The van der Waals surface area contributed by atoms with Crippen LogP contribution in [0.25, 0.3) is 0 Å². The van der Waals surface area contributed by atoms with Gasteiger partial charge in [-0.15, -0.1) is 0 Å². The Morgan fingerprint density at radius 1 is 1.64 bits per heavy atom. The van der Waals surface area contributed by atoms with Gasteiger partial charge in [0.25, 0.3) is 10.1 Å². The maximum atomic E-state index is 10.1. The third-order valence-corrected chi connectivity index (χ3v) is 1.38. The smallest absolute Gasteiger partial charge is 0.336 e. The van der Waals surface area contributed by atoms with Gasteiger partial charge in [0.2, 0.25) is 0 Å². The number of hydrogen-bond acceptors (Lipinski definition) is 6. The van der Waals surface area contributed by atoms with Crippen LogP contribution in [0.5, 0.6) is 0 Å². The van der Waals surface area contributed by atoms with Crippen molar-refractivity contribution in [1.29, 1.82) is 0 Å². The Balaban J connectivity index is 4.01. The lowest BCUT2D eigenvalue weighted by Crippen LogP contribution is -2.18. The molecule has 7 nitrogen and oxygen atoms in total. The third kappa shape index (κ3) is 7.39. The van der Waals surface area contributed by atoms with E-state index >= 15 is 0 Å². The summed E-state index contributed by atoms with van der Waals surface area (Å²) in [7, 11) is -4.52. The average Bonchev–Trinajstić information content (AvgIpc) is 1.53. The number of hydrogen-bond donors (Lipinski definition) is 1. The van der Waals surface area contributed by atoms with Crippen LogP contribution in [0.2, 0.25) is 0 Å². The molecule has 0 heterocycles. The van der Waals surface area contributed by atoms with E-state index in [2.05, 4.69) is 4.18 Å². The van der Waals surface area contributed by atoms with Gasteiger partial charge in [-0.2, -0.15) is 8.42 Å². The summed E-state index contributed by atoms with van der Waals surface area (Å²) < 4.78 is 50.2. The van der Waals surface area contributed by atoms with E-state index < -0.39 is 33.2 Å². The fraction of sp³-hybridized carbons (Fsp3) is 0.500. The first-order valence-corrected chi connectivity index (χ1v) is 4.68. The van der Waals surface area contributed by atoms with E-state index in [1.54, 1.807) is 0 Å². The quantitative estimate of drug-likeness (QED) is 0.424. The highest BCUT2D eigenvalue weighted by molar-refractivity contribution is 7.86. The van der Waals surface area contributed by atoms with Crippen LogP contribution in [-0.2, 0) is 30.5 Å². The Morgan fingerprint density at radius 2 is 2.09 bits per heavy atom. The van der Waals surface area contributed by atoms with E-state index in [-0.39, 0.29) is 0 Å². The molecule has 0 radical (unpaired) electrons. The summed E-state index contributed by atoms with van der Waals surface area (Å²) in [6.45, 7) is 0. The van der Waals surface area contributed by atoms with E-state index in [0.29, 0.717) is 0 Å². The van der Waals surface area contributed by atoms with Crippen LogP contribution >= 0.6 is 0 Å². The van der Waals surface area contributed by atoms with Crippen molar-refractivity contribution in [2.45, 2.75) is 0 Å². The maximum absolute atomic E-state index is 10.1. The van der Waals surface area contributed by atoms with Gasteiger partial charge in [-0.05, 0) is 0 Å². The molecule has 0 rings (SSSR count). The topological polar surface area (TPSA) is 121 Å². The number of rotatable bonds is 3. The summed E-state index contributed by atoms with van der Waals surface area (Å²) in [4.78, 5) is 10.1. The molecule has 0 aliphatic heterocycles. The Hall–Kier alpha value is -0.510. The van der Waals surface area contributed by atoms with Crippen molar-refractivity contribution in [3.05, 3.63) is 0 Å². The van der Waals surface area contributed by atoms with Crippen molar-refractivity contribution in [2.75, 3.05) is 5.75 Å². The van der Waals surface area contributed by atoms with E-state index in [4.69, 9.17) is 4.55 Å². The third-order valence-electron chi connectivity index (χ3n) is 0.461. The van der Waals surface area contributed by atoms with Crippen molar-refractivity contribution < 1.29 is 30.7 Å². The summed E-state index contributed by atoms with van der Waals surface area (Å²) in [5.74, 6) is -2.93. The van der Waals surface area contributed by atoms with Crippen molar-refractivity contribution >= 4 is 27.4 Å². The molecule has 0 aliphatic rings. The Morgan fingerprint density at radius 3 is 2.36 bits per heavy atom. The molecule has 0 spiro atoms. The van der Waals surface area contributed by atoms with Crippen LogP contribution in [0.15, 0.2) is 0 Å². The molecule has 0 saturated heterocycles. The second kappa shape index (κ2) is 3.76. The van der Waals surface area contributed by atoms with Gasteiger partial charge in [-0.1, -0.05) is 0 Å². The lowest BCUT2D eigenvalue weighted by molar-refractivity contribution is -0.131. The van der Waals surface area contributed by atoms with Gasteiger partial charge >= 0.3 is 5.97 Å². The molecule has 0 amide bonds. The minimum absolute atomic E-state index is 1.37. The largest absolute Gasteiger partial charge is 0.740 e. The monoisotopic (exact) mass is 203 g/mol. The van der Waals surface area contributed by atoms with Crippen molar-refractivity contribution in [3.63, 3.8) is 0 Å². The molecule has 0 fully saturated rings. The predicted octanol–water partition coefficient (Wildman–Crippen LogP) is -1.79. The Labute approximate surface area is 64.6 Å². The first-order valence-electron chi connectivity index (χ1n) is 2.07. The van der Waals surface area contributed by atoms with Gasteiger partial charge in [0.1, 0.15) is 11.4 Å². The van der Waals surface area contributed by atoms with Gasteiger partial charge in [0, 0.05) is 0 Å². The first kappa shape index (κ1) is 10.5. The highest BCUT2D eigenvalue weighted by Gasteiger charge is 2.14. The molecular weight excluding hydrogens is 200 g/mol. The fourth-order valence-corrected chi connectivity index (χ4v) is 0.891. The lowest BCUT2D eigenvalue weighted by atomic mass is 10.8. The van der Waals surface area contributed by atoms with Gasteiger partial charge in [-0.3, -0.25) is 4.55 Å². The maximum Gasteiger partial charge on any atom is 0.336 e. The molecule has 0 bridgehead atoms. The molecule has 1 N–H and O–H groups in total. The second-order valence-corrected chi connectivity index (χ2v) is 3.41. The molecular formula is C2H3O7S2-. The molecule has 1 unspecified atom stereocenters. The Kier molecular flexibility index (Phi) is 3.58. The first-order chi connectivity index (χ1) is 4.81. The van der Waals surface area contributed by atoms with Crippen LogP contribution in [0.4, 0.5) is 0 Å². The Bertz CT molecular complexity index is 262. The van der Waals surface area contributed by atoms with Gasteiger partial charge in [0.05, 0.1) is 0 Å². The van der Waals surface area contributed by atoms with Crippen LogP contribution < -0.4 is 0 Å². The summed E-state index contributed by atoms with van der Waals surface area (Å²) in [5.41, 5.74) is 0. The van der Waals surface area contributed by atoms with Gasteiger partial charge in [-0.25, -0.2) is 9.00 Å². The van der Waals surface area contributed by atoms with Crippen LogP contribution in [-0.4, -0.2) is 33.5 Å². The minimum Gasteiger partial charge on any atom is -0.740 e. The highest BCUT2D eigenvalue weighted by atomic mass is 32.2. The van der Waals surface area contributed by atoms with Crippen LogP contribution in [0.3, 0.4) is 0 Å². The molecule has 0 aromatic rings. The zero-order valence-electron chi connectivity index (χ0n) is 4.92. The number of carbonyl (C=O) groups excluding carboxylic acids is 1. The van der Waals surface area contributed by atoms with E-state index in [9.17, 15) is 22.0 Å². The van der Waals surface area contributed by atoms with Crippen molar-refractivity contribution in [3.8, 4) is 0 Å². The molecule has 9 heteroatoms. The second-order valence-electron chi connectivity index (χ2n) is 1.39. The van der Waals surface area contributed by atoms with Crippen LogP contribution in [0, 0.1) is 0 Å². The molecule has 11 heavy (non-hydrogen) atoms. The SMILES string of the molecule is O=C(CS(=O)(=O)O)OS(=O)[O-]. The number of carbonyl (C=O) groups is 1.